The number of carbonyl (C=O) groups is 3. The summed E-state index contributed by atoms with van der Waals surface area (Å²) in [6.07, 6.45) is 4.70. The molecule has 1 fully saturated rings. The van der Waals surface area contributed by atoms with Gasteiger partial charge in [-0.3, -0.25) is 19.4 Å². The van der Waals surface area contributed by atoms with E-state index in [-0.39, 0.29) is 17.5 Å². The van der Waals surface area contributed by atoms with Gasteiger partial charge in [-0.05, 0) is 25.1 Å². The lowest BCUT2D eigenvalue weighted by Crippen LogP contribution is -2.57. The molecule has 3 rings (SSSR count). The van der Waals surface area contributed by atoms with Crippen molar-refractivity contribution in [2.24, 2.45) is 4.99 Å². The van der Waals surface area contributed by atoms with Gasteiger partial charge in [-0.25, -0.2) is 0 Å². The smallest absolute Gasteiger partial charge is 0.295 e. The van der Waals surface area contributed by atoms with E-state index in [0.29, 0.717) is 35.8 Å². The SMILES string of the molecule is C=c1[nH]cc(C(=O)C(=O)N2CCN(C(=O)c3ccccc3)C[C@H]2C)/c1=C/C=N\C. The Balaban J connectivity index is 1.74. The fourth-order valence-corrected chi connectivity index (χ4v) is 3.46. The Labute approximate surface area is 169 Å². The van der Waals surface area contributed by atoms with Crippen molar-refractivity contribution in [3.8, 4) is 0 Å². The average molecular weight is 392 g/mol. The fourth-order valence-electron chi connectivity index (χ4n) is 3.46. The number of aromatic nitrogens is 1. The maximum Gasteiger partial charge on any atom is 0.295 e. The van der Waals surface area contributed by atoms with Crippen LogP contribution < -0.4 is 10.6 Å². The first kappa shape index (κ1) is 20.3. The molecule has 2 heterocycles. The number of H-pyrrole nitrogens is 1. The summed E-state index contributed by atoms with van der Waals surface area (Å²) in [5.41, 5.74) is 0.888. The molecule has 29 heavy (non-hydrogen) atoms. The topological polar surface area (TPSA) is 85.8 Å². The highest BCUT2D eigenvalue weighted by atomic mass is 16.2. The van der Waals surface area contributed by atoms with E-state index in [9.17, 15) is 14.4 Å². The van der Waals surface area contributed by atoms with E-state index in [4.69, 9.17) is 0 Å². The van der Waals surface area contributed by atoms with Gasteiger partial charge in [0.1, 0.15) is 0 Å². The van der Waals surface area contributed by atoms with Crippen molar-refractivity contribution >= 4 is 36.5 Å². The van der Waals surface area contributed by atoms with E-state index in [0.717, 1.165) is 0 Å². The van der Waals surface area contributed by atoms with E-state index < -0.39 is 11.7 Å². The number of aliphatic imine (C=N–C) groups is 1. The Morgan fingerprint density at radius 3 is 2.59 bits per heavy atom. The molecule has 0 unspecified atom stereocenters. The van der Waals surface area contributed by atoms with Crippen LogP contribution in [0, 0.1) is 0 Å². The molecule has 1 aliphatic heterocycles. The van der Waals surface area contributed by atoms with Crippen LogP contribution in [0.25, 0.3) is 12.7 Å². The molecule has 1 saturated heterocycles. The van der Waals surface area contributed by atoms with Crippen molar-refractivity contribution in [3.05, 3.63) is 58.2 Å². The first-order valence-electron chi connectivity index (χ1n) is 9.42. The molecule has 2 aromatic rings. The van der Waals surface area contributed by atoms with Crippen LogP contribution in [0.15, 0.2) is 41.5 Å². The Morgan fingerprint density at radius 2 is 1.93 bits per heavy atom. The maximum atomic E-state index is 12.9. The highest BCUT2D eigenvalue weighted by Gasteiger charge is 2.33. The van der Waals surface area contributed by atoms with Crippen molar-refractivity contribution in [2.75, 3.05) is 26.7 Å². The summed E-state index contributed by atoms with van der Waals surface area (Å²) in [7, 11) is 1.62. The van der Waals surface area contributed by atoms with Crippen molar-refractivity contribution in [3.63, 3.8) is 0 Å². The van der Waals surface area contributed by atoms with Gasteiger partial charge in [-0.1, -0.05) is 24.8 Å². The second-order valence-corrected chi connectivity index (χ2v) is 6.96. The summed E-state index contributed by atoms with van der Waals surface area (Å²) in [5.74, 6) is -1.24. The van der Waals surface area contributed by atoms with Crippen molar-refractivity contribution in [1.29, 1.82) is 0 Å². The van der Waals surface area contributed by atoms with Crippen molar-refractivity contribution < 1.29 is 14.4 Å². The van der Waals surface area contributed by atoms with Crippen LogP contribution in [0.3, 0.4) is 0 Å². The Hall–Kier alpha value is -3.48. The predicted octanol–water partition coefficient (Wildman–Crippen LogP) is 0.462. The Bertz CT molecular complexity index is 1060. The molecule has 2 amide bonds. The molecule has 0 spiro atoms. The molecule has 0 bridgehead atoms. The first-order valence-corrected chi connectivity index (χ1v) is 9.42. The number of nitrogens with zero attached hydrogens (tertiary/aromatic N) is 3. The lowest BCUT2D eigenvalue weighted by molar-refractivity contribution is -0.130. The molecule has 1 aliphatic rings. The van der Waals surface area contributed by atoms with Crippen LogP contribution in [-0.2, 0) is 4.79 Å². The van der Waals surface area contributed by atoms with E-state index in [1.54, 1.807) is 36.4 Å². The number of Topliss-reactive ketones (excluding diaryl/α,β-unsaturated/α-hetero) is 1. The number of benzene rings is 1. The molecule has 7 nitrogen and oxygen atoms in total. The number of piperazine rings is 1. The number of rotatable bonds is 4. The third-order valence-corrected chi connectivity index (χ3v) is 5.03. The van der Waals surface area contributed by atoms with Gasteiger partial charge >= 0.3 is 0 Å². The lowest BCUT2D eigenvalue weighted by atomic mass is 10.1. The minimum Gasteiger partial charge on any atom is -0.361 e. The number of ketones is 1. The monoisotopic (exact) mass is 392 g/mol. The van der Waals surface area contributed by atoms with Gasteiger partial charge in [-0.2, -0.15) is 0 Å². The summed E-state index contributed by atoms with van der Waals surface area (Å²) in [6.45, 7) is 6.76. The Kier molecular flexibility index (Phi) is 6.07. The van der Waals surface area contributed by atoms with E-state index in [1.807, 2.05) is 25.1 Å². The molecular formula is C22H24N4O3. The highest BCUT2D eigenvalue weighted by Crippen LogP contribution is 2.14. The van der Waals surface area contributed by atoms with Crippen LogP contribution in [0.2, 0.25) is 0 Å². The third-order valence-electron chi connectivity index (χ3n) is 5.03. The van der Waals surface area contributed by atoms with Crippen LogP contribution in [0.5, 0.6) is 0 Å². The van der Waals surface area contributed by atoms with Gasteiger partial charge in [0.2, 0.25) is 0 Å². The summed E-state index contributed by atoms with van der Waals surface area (Å²) < 4.78 is 0. The normalized spacial score (nSPS) is 17.7. The number of amides is 2. The van der Waals surface area contributed by atoms with Crippen LogP contribution in [0.4, 0.5) is 0 Å². The molecule has 1 atom stereocenters. The van der Waals surface area contributed by atoms with Gasteiger partial charge < -0.3 is 14.8 Å². The van der Waals surface area contributed by atoms with Crippen molar-refractivity contribution in [1.82, 2.24) is 14.8 Å². The van der Waals surface area contributed by atoms with Gasteiger partial charge in [0.05, 0.1) is 5.56 Å². The second kappa shape index (κ2) is 8.68. The number of hydrogen-bond acceptors (Lipinski definition) is 4. The first-order chi connectivity index (χ1) is 13.9. The zero-order valence-electron chi connectivity index (χ0n) is 16.6. The number of aromatic amines is 1. The molecule has 1 N–H and O–H groups in total. The third kappa shape index (κ3) is 4.18. The van der Waals surface area contributed by atoms with E-state index in [1.165, 1.54) is 11.1 Å². The summed E-state index contributed by atoms with van der Waals surface area (Å²) in [5, 5.41) is 1.10. The lowest BCUT2D eigenvalue weighted by Gasteiger charge is -2.39. The number of nitrogens with one attached hydrogen (secondary N) is 1. The molecule has 0 aliphatic carbocycles. The van der Waals surface area contributed by atoms with Gasteiger partial charge in [-0.15, -0.1) is 0 Å². The summed E-state index contributed by atoms with van der Waals surface area (Å²) in [6, 6.07) is 8.77. The van der Waals surface area contributed by atoms with Gasteiger partial charge in [0, 0.05) is 61.3 Å². The molecule has 150 valence electrons. The quantitative estimate of drug-likeness (QED) is 0.466. The molecule has 1 aromatic heterocycles. The minimum atomic E-state index is -0.596. The largest absolute Gasteiger partial charge is 0.361 e. The van der Waals surface area contributed by atoms with Crippen molar-refractivity contribution in [2.45, 2.75) is 13.0 Å². The van der Waals surface area contributed by atoms with Crippen LogP contribution in [-0.4, -0.2) is 71.3 Å². The summed E-state index contributed by atoms with van der Waals surface area (Å²) in [4.78, 5) is 48.4. The minimum absolute atomic E-state index is 0.0704. The van der Waals surface area contributed by atoms with E-state index in [2.05, 4.69) is 16.6 Å². The predicted molar refractivity (Wildman–Crippen MR) is 112 cm³/mol. The highest BCUT2D eigenvalue weighted by molar-refractivity contribution is 6.42. The standard InChI is InChI=1S/C22H24N4O3/c1-15-14-25(21(28)17-7-5-4-6-8-17)11-12-26(15)22(29)20(27)19-13-24-16(2)18(19)9-10-23-3/h4-10,13,15,24H,2,11-12,14H2,1,3H3/b18-9+,23-10-/t15-/m1/s1. The number of carbonyl (C=O) groups excluding carboxylic acids is 3. The molecule has 1 aromatic carbocycles. The summed E-state index contributed by atoms with van der Waals surface area (Å²) >= 11 is 0. The molecule has 0 radical (unpaired) electrons. The maximum absolute atomic E-state index is 12.9. The molecule has 7 heteroatoms. The van der Waals surface area contributed by atoms with Gasteiger partial charge in [0.25, 0.3) is 17.6 Å². The van der Waals surface area contributed by atoms with E-state index >= 15 is 0 Å². The molecular weight excluding hydrogens is 368 g/mol. The molecule has 0 saturated carbocycles. The second-order valence-electron chi connectivity index (χ2n) is 6.96. The number of hydrogen-bond donors (Lipinski definition) is 1. The van der Waals surface area contributed by atoms with Gasteiger partial charge in [0.15, 0.2) is 0 Å². The zero-order chi connectivity index (χ0) is 21.0. The van der Waals surface area contributed by atoms with Crippen LogP contribution >= 0.6 is 0 Å². The average Bonchev–Trinajstić information content (AvgIpc) is 3.11. The van der Waals surface area contributed by atoms with Crippen LogP contribution in [0.1, 0.15) is 27.6 Å². The zero-order valence-corrected chi connectivity index (χ0v) is 16.6. The fraction of sp³-hybridized carbons (Fsp3) is 0.273. The Morgan fingerprint density at radius 1 is 1.21 bits per heavy atom.